The highest BCUT2D eigenvalue weighted by Gasteiger charge is 2.19. The van der Waals surface area contributed by atoms with Crippen LogP contribution in [0.3, 0.4) is 0 Å². The minimum Gasteiger partial charge on any atom is -0.256 e. The first-order valence-corrected chi connectivity index (χ1v) is 8.45. The number of aryl methyl sites for hydroxylation is 1. The van der Waals surface area contributed by atoms with E-state index in [4.69, 9.17) is 0 Å². The number of benzene rings is 1. The summed E-state index contributed by atoms with van der Waals surface area (Å²) in [4.78, 5) is 4.72. The van der Waals surface area contributed by atoms with Gasteiger partial charge in [-0.25, -0.2) is 8.42 Å². The summed E-state index contributed by atoms with van der Waals surface area (Å²) in [6.07, 6.45) is 3.24. The zero-order valence-corrected chi connectivity index (χ0v) is 12.7. The van der Waals surface area contributed by atoms with Crippen molar-refractivity contribution in [1.29, 1.82) is 0 Å². The van der Waals surface area contributed by atoms with Crippen LogP contribution in [-0.2, 0) is 9.84 Å². The number of hydrogen-bond donors (Lipinski definition) is 0. The minimum atomic E-state index is -3.26. The molecule has 106 valence electrons. The Morgan fingerprint density at radius 1 is 1.10 bits per heavy atom. The van der Waals surface area contributed by atoms with Gasteiger partial charge in [0.15, 0.2) is 9.84 Å². The van der Waals surface area contributed by atoms with Crippen LogP contribution in [0.2, 0.25) is 0 Å². The van der Waals surface area contributed by atoms with Crippen LogP contribution in [0.1, 0.15) is 25.3 Å². The lowest BCUT2D eigenvalue weighted by molar-refractivity contribution is 0.593. The molecule has 0 radical (unpaired) electrons. The Kier molecular flexibility index (Phi) is 4.55. The van der Waals surface area contributed by atoms with E-state index in [1.165, 1.54) is 0 Å². The van der Waals surface area contributed by atoms with E-state index >= 15 is 0 Å². The van der Waals surface area contributed by atoms with Crippen LogP contribution in [0.4, 0.5) is 0 Å². The van der Waals surface area contributed by atoms with Gasteiger partial charge in [-0.2, -0.15) is 0 Å². The molecule has 0 fully saturated rings. The standard InChI is InChI=1S/C16H19NO2S/c1-3-4-12-20(18,19)15-10-6-5-9-14(15)16-13(2)8-7-11-17-16/h5-11H,3-4,12H2,1-2H3. The predicted octanol–water partition coefficient (Wildman–Crippen LogP) is 3.63. The second-order valence-electron chi connectivity index (χ2n) is 4.84. The fourth-order valence-electron chi connectivity index (χ4n) is 2.15. The molecule has 20 heavy (non-hydrogen) atoms. The predicted molar refractivity (Wildman–Crippen MR) is 81.4 cm³/mol. The molecule has 0 bridgehead atoms. The van der Waals surface area contributed by atoms with Crippen molar-refractivity contribution in [2.75, 3.05) is 5.75 Å². The van der Waals surface area contributed by atoms with Crippen LogP contribution in [-0.4, -0.2) is 19.2 Å². The van der Waals surface area contributed by atoms with Crippen LogP contribution in [0, 0.1) is 6.92 Å². The second kappa shape index (κ2) is 6.18. The van der Waals surface area contributed by atoms with Crippen molar-refractivity contribution in [2.24, 2.45) is 0 Å². The van der Waals surface area contributed by atoms with Gasteiger partial charge in [-0.05, 0) is 31.0 Å². The lowest BCUT2D eigenvalue weighted by Gasteiger charge is -2.11. The van der Waals surface area contributed by atoms with Crippen LogP contribution in [0.5, 0.6) is 0 Å². The maximum absolute atomic E-state index is 12.5. The Labute approximate surface area is 120 Å². The molecule has 4 heteroatoms. The van der Waals surface area contributed by atoms with Gasteiger partial charge < -0.3 is 0 Å². The molecular weight excluding hydrogens is 270 g/mol. The number of unbranched alkanes of at least 4 members (excludes halogenated alkanes) is 1. The van der Waals surface area contributed by atoms with Crippen molar-refractivity contribution in [1.82, 2.24) is 4.98 Å². The summed E-state index contributed by atoms with van der Waals surface area (Å²) in [7, 11) is -3.26. The normalized spacial score (nSPS) is 11.5. The van der Waals surface area contributed by atoms with Gasteiger partial charge in [-0.1, -0.05) is 37.6 Å². The quantitative estimate of drug-likeness (QED) is 0.844. The monoisotopic (exact) mass is 289 g/mol. The van der Waals surface area contributed by atoms with Gasteiger partial charge in [-0.15, -0.1) is 0 Å². The average Bonchev–Trinajstić information content (AvgIpc) is 2.46. The molecule has 0 saturated heterocycles. The summed E-state index contributed by atoms with van der Waals surface area (Å²) < 4.78 is 24.9. The Morgan fingerprint density at radius 2 is 1.85 bits per heavy atom. The molecule has 3 nitrogen and oxygen atoms in total. The molecule has 0 aliphatic carbocycles. The molecule has 0 atom stereocenters. The second-order valence-corrected chi connectivity index (χ2v) is 6.92. The molecule has 1 aromatic carbocycles. The summed E-state index contributed by atoms with van der Waals surface area (Å²) in [5, 5.41) is 0. The van der Waals surface area contributed by atoms with Crippen molar-refractivity contribution in [2.45, 2.75) is 31.6 Å². The molecule has 1 aromatic heterocycles. The molecule has 0 unspecified atom stereocenters. The first-order valence-electron chi connectivity index (χ1n) is 6.80. The van der Waals surface area contributed by atoms with Crippen molar-refractivity contribution >= 4 is 9.84 Å². The number of pyridine rings is 1. The highest BCUT2D eigenvalue weighted by Crippen LogP contribution is 2.28. The van der Waals surface area contributed by atoms with E-state index in [9.17, 15) is 8.42 Å². The third-order valence-corrected chi connectivity index (χ3v) is 5.11. The van der Waals surface area contributed by atoms with E-state index in [-0.39, 0.29) is 5.75 Å². The average molecular weight is 289 g/mol. The van der Waals surface area contributed by atoms with E-state index in [1.807, 2.05) is 38.1 Å². The van der Waals surface area contributed by atoms with Crippen molar-refractivity contribution < 1.29 is 8.42 Å². The molecule has 0 spiro atoms. The van der Waals surface area contributed by atoms with Crippen molar-refractivity contribution in [3.63, 3.8) is 0 Å². The van der Waals surface area contributed by atoms with E-state index in [0.29, 0.717) is 16.9 Å². The number of sulfone groups is 1. The molecular formula is C16H19NO2S. The lowest BCUT2D eigenvalue weighted by atomic mass is 10.1. The third kappa shape index (κ3) is 3.07. The highest BCUT2D eigenvalue weighted by atomic mass is 32.2. The molecule has 1 heterocycles. The first-order chi connectivity index (χ1) is 9.56. The lowest BCUT2D eigenvalue weighted by Crippen LogP contribution is -2.08. The summed E-state index contributed by atoms with van der Waals surface area (Å²) in [5.41, 5.74) is 2.41. The largest absolute Gasteiger partial charge is 0.256 e. The molecule has 0 aliphatic heterocycles. The van der Waals surface area contributed by atoms with Crippen LogP contribution in [0.25, 0.3) is 11.3 Å². The van der Waals surface area contributed by atoms with Gasteiger partial charge in [0.05, 0.1) is 16.3 Å². The van der Waals surface area contributed by atoms with Crippen LogP contribution >= 0.6 is 0 Å². The molecule has 0 saturated carbocycles. The number of aromatic nitrogens is 1. The minimum absolute atomic E-state index is 0.187. The van der Waals surface area contributed by atoms with Crippen molar-refractivity contribution in [3.8, 4) is 11.3 Å². The zero-order chi connectivity index (χ0) is 14.6. The highest BCUT2D eigenvalue weighted by molar-refractivity contribution is 7.91. The topological polar surface area (TPSA) is 47.0 Å². The summed E-state index contributed by atoms with van der Waals surface area (Å²) in [6.45, 7) is 3.93. The summed E-state index contributed by atoms with van der Waals surface area (Å²) in [6, 6.07) is 10.9. The van der Waals surface area contributed by atoms with E-state index in [0.717, 1.165) is 17.7 Å². The van der Waals surface area contributed by atoms with Gasteiger partial charge in [0.1, 0.15) is 0 Å². The molecule has 2 rings (SSSR count). The first kappa shape index (κ1) is 14.7. The van der Waals surface area contributed by atoms with Gasteiger partial charge >= 0.3 is 0 Å². The van der Waals surface area contributed by atoms with E-state index < -0.39 is 9.84 Å². The van der Waals surface area contributed by atoms with Gasteiger partial charge in [0.25, 0.3) is 0 Å². The number of nitrogens with zero attached hydrogens (tertiary/aromatic N) is 1. The molecule has 0 amide bonds. The fraction of sp³-hybridized carbons (Fsp3) is 0.312. The Bertz CT molecular complexity index is 693. The zero-order valence-electron chi connectivity index (χ0n) is 11.8. The van der Waals surface area contributed by atoms with Gasteiger partial charge in [0, 0.05) is 11.8 Å². The van der Waals surface area contributed by atoms with Gasteiger partial charge in [-0.3, -0.25) is 4.98 Å². The Morgan fingerprint density at radius 3 is 2.55 bits per heavy atom. The SMILES string of the molecule is CCCCS(=O)(=O)c1ccccc1-c1ncccc1C. The van der Waals surface area contributed by atoms with Crippen LogP contribution < -0.4 is 0 Å². The van der Waals surface area contributed by atoms with Gasteiger partial charge in [0.2, 0.25) is 0 Å². The molecule has 0 N–H and O–H groups in total. The molecule has 0 aliphatic rings. The number of hydrogen-bond acceptors (Lipinski definition) is 3. The smallest absolute Gasteiger partial charge is 0.179 e. The summed E-state index contributed by atoms with van der Waals surface area (Å²) >= 11 is 0. The Balaban J connectivity index is 2.55. The van der Waals surface area contributed by atoms with E-state index in [1.54, 1.807) is 18.3 Å². The van der Waals surface area contributed by atoms with Crippen LogP contribution in [0.15, 0.2) is 47.5 Å². The molecule has 2 aromatic rings. The number of rotatable bonds is 5. The third-order valence-electron chi connectivity index (χ3n) is 3.25. The summed E-state index contributed by atoms with van der Waals surface area (Å²) in [5.74, 6) is 0.187. The van der Waals surface area contributed by atoms with E-state index in [2.05, 4.69) is 4.98 Å². The maximum Gasteiger partial charge on any atom is 0.179 e. The Hall–Kier alpha value is -1.68. The fourth-order valence-corrected chi connectivity index (χ4v) is 3.82. The maximum atomic E-state index is 12.5. The van der Waals surface area contributed by atoms with Crippen molar-refractivity contribution in [3.05, 3.63) is 48.2 Å².